The second kappa shape index (κ2) is 5.46. The Morgan fingerprint density at radius 2 is 1.84 bits per heavy atom. The summed E-state index contributed by atoms with van der Waals surface area (Å²) in [5, 5.41) is 10.5. The zero-order valence-electron chi connectivity index (χ0n) is 12.1. The summed E-state index contributed by atoms with van der Waals surface area (Å²) in [5.41, 5.74) is 1.06. The molecule has 0 heterocycles. The highest BCUT2D eigenvalue weighted by Gasteiger charge is 2.38. The predicted molar refractivity (Wildman–Crippen MR) is 76.7 cm³/mol. The van der Waals surface area contributed by atoms with Crippen LogP contribution < -0.4 is 0 Å². The highest BCUT2D eigenvalue weighted by molar-refractivity contribution is 5.82. The van der Waals surface area contributed by atoms with Crippen LogP contribution in [0.3, 0.4) is 0 Å². The maximum atomic E-state index is 12.1. The molecule has 0 bridgehead atoms. The zero-order valence-corrected chi connectivity index (χ0v) is 12.1. The number of ketones is 1. The van der Waals surface area contributed by atoms with Gasteiger partial charge in [-0.25, -0.2) is 0 Å². The van der Waals surface area contributed by atoms with Gasteiger partial charge in [-0.05, 0) is 29.7 Å². The average molecular weight is 260 g/mol. The van der Waals surface area contributed by atoms with Gasteiger partial charge in [0.2, 0.25) is 0 Å². The van der Waals surface area contributed by atoms with Crippen LogP contribution in [0.2, 0.25) is 0 Å². The summed E-state index contributed by atoms with van der Waals surface area (Å²) in [7, 11) is 0. The van der Waals surface area contributed by atoms with Crippen LogP contribution in [0.4, 0.5) is 0 Å². The first-order chi connectivity index (χ1) is 8.89. The molecule has 0 aliphatic heterocycles. The van der Waals surface area contributed by atoms with Crippen LogP contribution in [-0.4, -0.2) is 10.9 Å². The van der Waals surface area contributed by atoms with Gasteiger partial charge < -0.3 is 5.11 Å². The highest BCUT2D eigenvalue weighted by Crippen LogP contribution is 2.42. The minimum atomic E-state index is -0.654. The van der Waals surface area contributed by atoms with Crippen LogP contribution in [0.1, 0.15) is 51.7 Å². The molecule has 1 fully saturated rings. The van der Waals surface area contributed by atoms with Crippen LogP contribution in [0.15, 0.2) is 30.3 Å². The molecule has 2 nitrogen and oxygen atoms in total. The van der Waals surface area contributed by atoms with Crippen molar-refractivity contribution in [1.82, 2.24) is 0 Å². The van der Waals surface area contributed by atoms with Gasteiger partial charge in [-0.2, -0.15) is 0 Å². The number of aliphatic hydroxyl groups excluding tert-OH is 1. The molecule has 2 rings (SSSR count). The van der Waals surface area contributed by atoms with E-state index < -0.39 is 6.10 Å². The van der Waals surface area contributed by atoms with Crippen molar-refractivity contribution in [3.05, 3.63) is 35.9 Å². The van der Waals surface area contributed by atoms with Gasteiger partial charge in [0.25, 0.3) is 0 Å². The lowest BCUT2D eigenvalue weighted by atomic mass is 9.67. The summed E-state index contributed by atoms with van der Waals surface area (Å²) in [6, 6.07) is 9.55. The molecule has 2 heteroatoms. The quantitative estimate of drug-likeness (QED) is 0.879. The van der Waals surface area contributed by atoms with Crippen molar-refractivity contribution in [2.24, 2.45) is 17.3 Å². The molecule has 1 aromatic rings. The minimum absolute atomic E-state index is 0.204. The predicted octanol–water partition coefficient (Wildman–Crippen LogP) is 3.75. The maximum absolute atomic E-state index is 12.1. The Hall–Kier alpha value is -1.15. The molecular formula is C17H24O2. The molecule has 0 aromatic heterocycles. The van der Waals surface area contributed by atoms with Gasteiger partial charge in [0, 0.05) is 12.3 Å². The Bertz CT molecular complexity index is 430. The summed E-state index contributed by atoms with van der Waals surface area (Å²) >= 11 is 0. The summed E-state index contributed by atoms with van der Waals surface area (Å²) in [6.07, 6.45) is 1.72. The smallest absolute Gasteiger partial charge is 0.138 e. The summed E-state index contributed by atoms with van der Waals surface area (Å²) in [4.78, 5) is 12.1. The van der Waals surface area contributed by atoms with E-state index in [0.717, 1.165) is 18.4 Å². The summed E-state index contributed by atoms with van der Waals surface area (Å²) in [6.45, 7) is 6.66. The van der Waals surface area contributed by atoms with Crippen molar-refractivity contribution in [2.45, 2.75) is 46.1 Å². The normalized spacial score (nSPS) is 26.2. The number of carbonyl (C=O) groups is 1. The molecule has 0 saturated heterocycles. The van der Waals surface area contributed by atoms with E-state index in [1.165, 1.54) is 0 Å². The summed E-state index contributed by atoms with van der Waals surface area (Å²) < 4.78 is 0. The third kappa shape index (κ3) is 3.24. The number of benzene rings is 1. The van der Waals surface area contributed by atoms with E-state index in [1.807, 2.05) is 30.3 Å². The fourth-order valence-electron chi connectivity index (χ4n) is 3.03. The topological polar surface area (TPSA) is 37.3 Å². The van der Waals surface area contributed by atoms with E-state index in [1.54, 1.807) is 0 Å². The van der Waals surface area contributed by atoms with Gasteiger partial charge in [0.05, 0.1) is 6.10 Å². The van der Waals surface area contributed by atoms with Crippen molar-refractivity contribution < 1.29 is 9.90 Å². The molecule has 1 aliphatic rings. The number of Topliss-reactive ketones (excluding diaryl/α,β-unsaturated/α-hetero) is 1. The van der Waals surface area contributed by atoms with E-state index in [-0.39, 0.29) is 17.1 Å². The molecule has 19 heavy (non-hydrogen) atoms. The standard InChI is InChI=1S/C17H24O2/c1-17(2,3)13-9-10-15(18)14(11-13)16(19)12-7-5-4-6-8-12/h4-8,13-14,16,19H,9-11H2,1-3H3/t13-,14-,16+/m0/s1. The van der Waals surface area contributed by atoms with Gasteiger partial charge >= 0.3 is 0 Å². The molecule has 104 valence electrons. The molecule has 0 radical (unpaired) electrons. The first-order valence-corrected chi connectivity index (χ1v) is 7.15. The molecule has 0 spiro atoms. The Morgan fingerprint density at radius 1 is 1.21 bits per heavy atom. The molecule has 1 aliphatic carbocycles. The SMILES string of the molecule is CC(C)(C)[C@H]1CCC(=O)[C@@H]([C@H](O)c2ccccc2)C1. The van der Waals surface area contributed by atoms with Gasteiger partial charge in [-0.15, -0.1) is 0 Å². The lowest BCUT2D eigenvalue weighted by molar-refractivity contribution is -0.131. The van der Waals surface area contributed by atoms with Crippen molar-refractivity contribution in [3.63, 3.8) is 0 Å². The molecule has 0 unspecified atom stereocenters. The Labute approximate surface area is 115 Å². The monoisotopic (exact) mass is 260 g/mol. The lowest BCUT2D eigenvalue weighted by Crippen LogP contribution is -2.35. The molecular weight excluding hydrogens is 236 g/mol. The van der Waals surface area contributed by atoms with Crippen LogP contribution in [-0.2, 0) is 4.79 Å². The van der Waals surface area contributed by atoms with Crippen molar-refractivity contribution >= 4 is 5.78 Å². The second-order valence-corrected chi connectivity index (χ2v) is 6.77. The van der Waals surface area contributed by atoms with Gasteiger partial charge in [-0.1, -0.05) is 51.1 Å². The average Bonchev–Trinajstić information content (AvgIpc) is 2.38. The fraction of sp³-hybridized carbons (Fsp3) is 0.588. The molecule has 1 saturated carbocycles. The van der Waals surface area contributed by atoms with Gasteiger partial charge in [-0.3, -0.25) is 4.79 Å². The molecule has 3 atom stereocenters. The fourth-order valence-corrected chi connectivity index (χ4v) is 3.03. The number of carbonyl (C=O) groups excluding carboxylic acids is 1. The highest BCUT2D eigenvalue weighted by atomic mass is 16.3. The van der Waals surface area contributed by atoms with E-state index in [0.29, 0.717) is 12.3 Å². The largest absolute Gasteiger partial charge is 0.388 e. The molecule has 0 amide bonds. The third-order valence-electron chi connectivity index (χ3n) is 4.44. The number of rotatable bonds is 2. The number of hydrogen-bond donors (Lipinski definition) is 1. The maximum Gasteiger partial charge on any atom is 0.138 e. The summed E-state index contributed by atoms with van der Waals surface area (Å²) in [5.74, 6) is 0.491. The minimum Gasteiger partial charge on any atom is -0.388 e. The lowest BCUT2D eigenvalue weighted by Gasteiger charge is -2.38. The van der Waals surface area contributed by atoms with E-state index in [9.17, 15) is 9.90 Å². The van der Waals surface area contributed by atoms with Crippen molar-refractivity contribution in [2.75, 3.05) is 0 Å². The molecule has 1 aromatic carbocycles. The second-order valence-electron chi connectivity index (χ2n) is 6.77. The van der Waals surface area contributed by atoms with Gasteiger partial charge in [0.1, 0.15) is 5.78 Å². The first-order valence-electron chi connectivity index (χ1n) is 7.15. The van der Waals surface area contributed by atoms with Crippen molar-refractivity contribution in [1.29, 1.82) is 0 Å². The zero-order chi connectivity index (χ0) is 14.0. The first kappa shape index (κ1) is 14.3. The van der Waals surface area contributed by atoms with Crippen LogP contribution in [0.25, 0.3) is 0 Å². The Kier molecular flexibility index (Phi) is 4.10. The van der Waals surface area contributed by atoms with Crippen LogP contribution in [0, 0.1) is 17.3 Å². The number of hydrogen-bond acceptors (Lipinski definition) is 2. The van der Waals surface area contributed by atoms with E-state index in [2.05, 4.69) is 20.8 Å². The number of aliphatic hydroxyl groups is 1. The van der Waals surface area contributed by atoms with Crippen molar-refractivity contribution in [3.8, 4) is 0 Å². The molecule has 1 N–H and O–H groups in total. The van der Waals surface area contributed by atoms with Crippen LogP contribution >= 0.6 is 0 Å². The third-order valence-corrected chi connectivity index (χ3v) is 4.44. The Balaban J connectivity index is 2.16. The van der Waals surface area contributed by atoms with Crippen LogP contribution in [0.5, 0.6) is 0 Å². The Morgan fingerprint density at radius 3 is 2.42 bits per heavy atom. The van der Waals surface area contributed by atoms with E-state index in [4.69, 9.17) is 0 Å². The van der Waals surface area contributed by atoms with E-state index >= 15 is 0 Å². The van der Waals surface area contributed by atoms with Gasteiger partial charge in [0.15, 0.2) is 0 Å².